The van der Waals surface area contributed by atoms with Crippen LogP contribution in [0.2, 0.25) is 0 Å². The number of hydrogen-bond acceptors (Lipinski definition) is 10. The van der Waals surface area contributed by atoms with Gasteiger partial charge in [-0.15, -0.1) is 0 Å². The highest BCUT2D eigenvalue weighted by Crippen LogP contribution is 2.30. The van der Waals surface area contributed by atoms with Crippen molar-refractivity contribution >= 4 is 39.2 Å². The molecule has 3 aliphatic rings. The smallest absolute Gasteiger partial charge is 0.323 e. The number of methoxy groups -OCH3 is 1. The molecule has 4 heterocycles. The highest BCUT2D eigenvalue weighted by molar-refractivity contribution is 7.89. The number of hydrogen-bond donors (Lipinski definition) is 3. The molecule has 0 spiro atoms. The number of dihydropyridines is 1. The monoisotopic (exact) mass is 595 g/mol. The Hall–Kier alpha value is -3.84. The summed E-state index contributed by atoms with van der Waals surface area (Å²) in [6.07, 6.45) is 8.53. The number of carboxylic acids is 1. The van der Waals surface area contributed by atoms with E-state index in [9.17, 15) is 18.3 Å². The molecule has 3 aliphatic heterocycles. The zero-order chi connectivity index (χ0) is 29.9. The number of sulfonamides is 1. The van der Waals surface area contributed by atoms with Crippen molar-refractivity contribution in [2.75, 3.05) is 43.5 Å². The number of nitrogens with one attached hydrogen (secondary N) is 2. The highest BCUT2D eigenvalue weighted by Gasteiger charge is 2.29. The van der Waals surface area contributed by atoms with E-state index in [2.05, 4.69) is 37.1 Å². The Bertz CT molecular complexity index is 1510. The number of rotatable bonds is 10. The lowest BCUT2D eigenvalue weighted by molar-refractivity contribution is -0.138. The number of amidine groups is 1. The Labute approximate surface area is 246 Å². The molecule has 1 fully saturated rings. The lowest BCUT2D eigenvalue weighted by atomic mass is 9.87. The number of aryl methyl sites for hydroxylation is 1. The zero-order valence-corrected chi connectivity index (χ0v) is 24.9. The molecule has 13 heteroatoms. The second-order valence-corrected chi connectivity index (χ2v) is 12.5. The quantitative estimate of drug-likeness (QED) is 0.375. The third kappa shape index (κ3) is 6.62. The van der Waals surface area contributed by atoms with Gasteiger partial charge in [0.25, 0.3) is 0 Å². The molecule has 1 saturated heterocycles. The van der Waals surface area contributed by atoms with Crippen molar-refractivity contribution < 1.29 is 23.1 Å². The number of aliphatic imine (C=N–C) groups is 2. The van der Waals surface area contributed by atoms with Gasteiger partial charge in [0.2, 0.25) is 10.0 Å². The molecule has 2 aromatic rings. The number of nitrogens with zero attached hydrogens (tertiary/aromatic N) is 5. The van der Waals surface area contributed by atoms with Crippen molar-refractivity contribution in [3.8, 4) is 5.75 Å². The Balaban J connectivity index is 1.24. The summed E-state index contributed by atoms with van der Waals surface area (Å²) >= 11 is 0. The van der Waals surface area contributed by atoms with Gasteiger partial charge in [0.1, 0.15) is 35.1 Å². The van der Waals surface area contributed by atoms with Crippen LogP contribution in [0.25, 0.3) is 0 Å². The van der Waals surface area contributed by atoms with E-state index in [-0.39, 0.29) is 11.4 Å². The molecule has 1 unspecified atom stereocenters. The molecular formula is C29H37N7O5S. The zero-order valence-electron chi connectivity index (χ0n) is 24.1. The molecule has 2 atom stereocenters. The number of anilines is 2. The predicted octanol–water partition coefficient (Wildman–Crippen LogP) is 2.98. The Morgan fingerprint density at radius 1 is 1.14 bits per heavy atom. The third-order valence-electron chi connectivity index (χ3n) is 7.91. The normalized spacial score (nSPS) is 19.9. The van der Waals surface area contributed by atoms with Gasteiger partial charge in [-0.2, -0.15) is 4.72 Å². The van der Waals surface area contributed by atoms with Crippen LogP contribution in [-0.4, -0.2) is 80.3 Å². The van der Waals surface area contributed by atoms with Crippen molar-refractivity contribution in [2.45, 2.75) is 50.5 Å². The molecule has 1 aromatic heterocycles. The number of aliphatic carboxylic acids is 1. The van der Waals surface area contributed by atoms with Crippen LogP contribution < -0.4 is 19.7 Å². The summed E-state index contributed by atoms with van der Waals surface area (Å²) in [5.41, 5.74) is 1.89. The maximum Gasteiger partial charge on any atom is 0.323 e. The molecule has 0 amide bonds. The van der Waals surface area contributed by atoms with E-state index in [0.717, 1.165) is 68.2 Å². The fraction of sp³-hybridized carbons (Fsp3) is 0.483. The van der Waals surface area contributed by atoms with Gasteiger partial charge in [0, 0.05) is 49.3 Å². The van der Waals surface area contributed by atoms with Gasteiger partial charge in [-0.3, -0.25) is 9.79 Å². The molecule has 0 aliphatic carbocycles. The second-order valence-electron chi connectivity index (χ2n) is 10.8. The Morgan fingerprint density at radius 3 is 2.57 bits per heavy atom. The summed E-state index contributed by atoms with van der Waals surface area (Å²) in [5.74, 6) is 2.67. The first-order chi connectivity index (χ1) is 20.1. The second kappa shape index (κ2) is 12.6. The third-order valence-corrected chi connectivity index (χ3v) is 9.39. The summed E-state index contributed by atoms with van der Waals surface area (Å²) in [6, 6.07) is 4.29. The lowest BCUT2D eigenvalue weighted by Gasteiger charge is -2.35. The van der Waals surface area contributed by atoms with E-state index >= 15 is 0 Å². The number of carboxylic acid groups (broad SMARTS) is 1. The summed E-state index contributed by atoms with van der Waals surface area (Å²) in [7, 11) is -2.61. The minimum Gasteiger partial charge on any atom is -0.497 e. The standard InChI is InChI=1S/C29H37N7O5S/c1-18-26(31-17-25(29(37)38)35-42(39,40)23-9-7-22(41-3)8-10-23)32-19(2)33-28(18)36-15-12-20(13-16-36)24-11-6-21-5-4-14-30-27(21)34-24/h6-11,20-21,25,35H,4-5,12-17H2,1-3H3,(H,37,38)(H,31,32,33)/t21?,25-/m0/s1. The summed E-state index contributed by atoms with van der Waals surface area (Å²) in [6.45, 7) is 5.91. The summed E-state index contributed by atoms with van der Waals surface area (Å²) in [5, 5.41) is 12.8. The van der Waals surface area contributed by atoms with Crippen molar-refractivity contribution in [3.63, 3.8) is 0 Å². The Morgan fingerprint density at radius 2 is 1.88 bits per heavy atom. The first kappa shape index (κ1) is 29.6. The maximum atomic E-state index is 12.9. The molecule has 3 N–H and O–H groups in total. The van der Waals surface area contributed by atoms with E-state index in [1.807, 2.05) is 6.92 Å². The summed E-state index contributed by atoms with van der Waals surface area (Å²) in [4.78, 5) is 32.9. The number of benzene rings is 1. The summed E-state index contributed by atoms with van der Waals surface area (Å²) < 4.78 is 33.1. The van der Waals surface area contributed by atoms with E-state index in [0.29, 0.717) is 29.2 Å². The van der Waals surface area contributed by atoms with Gasteiger partial charge < -0.3 is 20.1 Å². The fourth-order valence-corrected chi connectivity index (χ4v) is 6.72. The molecule has 0 saturated carbocycles. The van der Waals surface area contributed by atoms with Gasteiger partial charge in [-0.05, 0) is 69.9 Å². The average molecular weight is 596 g/mol. The van der Waals surface area contributed by atoms with Gasteiger partial charge in [0.05, 0.1) is 12.0 Å². The molecule has 0 radical (unpaired) electrons. The van der Waals surface area contributed by atoms with Crippen LogP contribution in [0.5, 0.6) is 5.75 Å². The topological polar surface area (TPSA) is 158 Å². The predicted molar refractivity (Wildman–Crippen MR) is 161 cm³/mol. The molecule has 12 nitrogen and oxygen atoms in total. The van der Waals surface area contributed by atoms with Crippen LogP contribution in [0.3, 0.4) is 0 Å². The molecular weight excluding hydrogens is 558 g/mol. The fourth-order valence-electron chi connectivity index (χ4n) is 5.53. The van der Waals surface area contributed by atoms with Crippen LogP contribution in [0, 0.1) is 25.7 Å². The van der Waals surface area contributed by atoms with Gasteiger partial charge in [0.15, 0.2) is 0 Å². The van der Waals surface area contributed by atoms with E-state index in [4.69, 9.17) is 14.7 Å². The SMILES string of the molecule is COc1ccc(S(=O)(=O)N[C@@H](CNc2nc(C)nc(N3CCC(C4=NC5=NCCCC5C=C4)CC3)c2C)C(=O)O)cc1. The van der Waals surface area contributed by atoms with Crippen LogP contribution >= 0.6 is 0 Å². The number of aromatic nitrogens is 2. The van der Waals surface area contributed by atoms with Crippen LogP contribution in [0.4, 0.5) is 11.6 Å². The number of fused-ring (bicyclic) bond motifs is 1. The average Bonchev–Trinajstić information content (AvgIpc) is 3.00. The maximum absolute atomic E-state index is 12.9. The van der Waals surface area contributed by atoms with E-state index < -0.39 is 22.0 Å². The van der Waals surface area contributed by atoms with Crippen molar-refractivity contribution in [1.29, 1.82) is 0 Å². The van der Waals surface area contributed by atoms with Crippen LogP contribution in [0.15, 0.2) is 51.3 Å². The van der Waals surface area contributed by atoms with Crippen molar-refractivity contribution in [2.24, 2.45) is 21.8 Å². The van der Waals surface area contributed by atoms with Crippen LogP contribution in [0.1, 0.15) is 37.1 Å². The largest absolute Gasteiger partial charge is 0.497 e. The van der Waals surface area contributed by atoms with Gasteiger partial charge in [-0.25, -0.2) is 23.4 Å². The first-order valence-electron chi connectivity index (χ1n) is 14.2. The first-order valence-corrected chi connectivity index (χ1v) is 15.7. The number of piperidine rings is 1. The lowest BCUT2D eigenvalue weighted by Crippen LogP contribution is -2.45. The molecule has 5 rings (SSSR count). The number of allylic oxidation sites excluding steroid dienone is 1. The van der Waals surface area contributed by atoms with Gasteiger partial charge >= 0.3 is 5.97 Å². The van der Waals surface area contributed by atoms with E-state index in [1.54, 1.807) is 6.92 Å². The van der Waals surface area contributed by atoms with Crippen molar-refractivity contribution in [3.05, 3.63) is 47.8 Å². The number of ether oxygens (including phenoxy) is 1. The minimum atomic E-state index is -4.09. The molecule has 1 aromatic carbocycles. The Kier molecular flexibility index (Phi) is 8.88. The van der Waals surface area contributed by atoms with Crippen molar-refractivity contribution in [1.82, 2.24) is 14.7 Å². The van der Waals surface area contributed by atoms with E-state index in [1.165, 1.54) is 31.4 Å². The molecule has 42 heavy (non-hydrogen) atoms. The number of carbonyl (C=O) groups is 1. The molecule has 224 valence electrons. The molecule has 0 bridgehead atoms. The van der Waals surface area contributed by atoms with Crippen LogP contribution in [-0.2, 0) is 14.8 Å². The van der Waals surface area contributed by atoms with Gasteiger partial charge in [-0.1, -0.05) is 6.08 Å². The minimum absolute atomic E-state index is 0.0597. The highest BCUT2D eigenvalue weighted by atomic mass is 32.2.